The van der Waals surface area contributed by atoms with Crippen LogP contribution in [-0.2, 0) is 10.3 Å². The normalized spacial score (nSPS) is 16.1. The first-order valence-electron chi connectivity index (χ1n) is 14.7. The molecule has 0 saturated heterocycles. The fourth-order valence-corrected chi connectivity index (χ4v) is 5.99. The molecular weight excluding hydrogens is 526 g/mol. The Morgan fingerprint density at radius 3 is 2.26 bits per heavy atom. The topological polar surface area (TPSA) is 71.1 Å². The maximum atomic E-state index is 13.6. The van der Waals surface area contributed by atoms with Crippen LogP contribution in [-0.4, -0.2) is 31.6 Å². The van der Waals surface area contributed by atoms with E-state index in [4.69, 9.17) is 9.47 Å². The maximum Gasteiger partial charge on any atom is 0.340 e. The van der Waals surface area contributed by atoms with Gasteiger partial charge in [-0.2, -0.15) is 0 Å². The van der Waals surface area contributed by atoms with Gasteiger partial charge in [0.25, 0.3) is 0 Å². The van der Waals surface area contributed by atoms with Crippen molar-refractivity contribution in [2.45, 2.75) is 39.2 Å². The lowest BCUT2D eigenvalue weighted by Crippen LogP contribution is -2.38. The van der Waals surface area contributed by atoms with Gasteiger partial charge in [0.2, 0.25) is 0 Å². The van der Waals surface area contributed by atoms with Crippen molar-refractivity contribution in [3.05, 3.63) is 113 Å². The number of nitrogens with zero attached hydrogens (tertiary/aromatic N) is 2. The third-order valence-electron chi connectivity index (χ3n) is 8.09. The van der Waals surface area contributed by atoms with Crippen molar-refractivity contribution >= 4 is 29.1 Å². The Labute approximate surface area is 246 Å². The Morgan fingerprint density at radius 2 is 1.50 bits per heavy atom. The minimum atomic E-state index is -1.23. The van der Waals surface area contributed by atoms with Crippen molar-refractivity contribution in [1.82, 2.24) is 5.32 Å². The van der Waals surface area contributed by atoms with E-state index in [1.165, 1.54) is 0 Å². The van der Waals surface area contributed by atoms with Crippen molar-refractivity contribution in [1.29, 1.82) is 0 Å². The van der Waals surface area contributed by atoms with Gasteiger partial charge in [0.05, 0.1) is 16.9 Å². The number of fused-ring (bicyclic) bond motifs is 6. The van der Waals surface area contributed by atoms with Crippen LogP contribution in [0.5, 0.6) is 11.5 Å². The van der Waals surface area contributed by atoms with Crippen molar-refractivity contribution in [2.75, 3.05) is 29.4 Å². The van der Waals surface area contributed by atoms with Crippen molar-refractivity contribution in [2.24, 2.45) is 0 Å². The zero-order chi connectivity index (χ0) is 29.3. The zero-order valence-corrected chi connectivity index (χ0v) is 24.2. The second kappa shape index (κ2) is 11.2. The third-order valence-corrected chi connectivity index (χ3v) is 8.09. The minimum Gasteiger partial charge on any atom is -0.456 e. The van der Waals surface area contributed by atoms with Crippen LogP contribution in [0.3, 0.4) is 0 Å². The molecule has 1 atom stereocenters. The lowest BCUT2D eigenvalue weighted by molar-refractivity contribution is 0.0224. The predicted molar refractivity (Wildman–Crippen MR) is 165 cm³/mol. The third kappa shape index (κ3) is 4.45. The van der Waals surface area contributed by atoms with Gasteiger partial charge >= 0.3 is 12.0 Å². The summed E-state index contributed by atoms with van der Waals surface area (Å²) in [5.74, 6) is 0.827. The fourth-order valence-electron chi connectivity index (χ4n) is 5.99. The molecule has 2 heterocycles. The molecule has 7 nitrogen and oxygen atoms in total. The number of para-hydroxylation sites is 1. The average Bonchev–Trinajstić information content (AvgIpc) is 3.31. The number of hydrogen-bond donors (Lipinski definition) is 1. The first-order chi connectivity index (χ1) is 20.5. The molecule has 2 aliphatic rings. The second-order valence-electron chi connectivity index (χ2n) is 10.5. The van der Waals surface area contributed by atoms with E-state index in [0.717, 1.165) is 48.4 Å². The molecule has 0 radical (unpaired) electrons. The molecule has 1 unspecified atom stereocenters. The van der Waals surface area contributed by atoms with E-state index >= 15 is 0 Å². The Balaban J connectivity index is 1.54. The van der Waals surface area contributed by atoms with Crippen LogP contribution in [0.15, 0.2) is 91.0 Å². The summed E-state index contributed by atoms with van der Waals surface area (Å²) in [4.78, 5) is 30.9. The molecule has 1 spiro atoms. The highest BCUT2D eigenvalue weighted by molar-refractivity contribution is 6.00. The number of ether oxygens (including phenoxy) is 2. The Bertz CT molecular complexity index is 1630. The SMILES string of the molecule is CCCCNC(=O)N(c1ccccc1)c1ccc2c(c1)C1(OC(=O)c3ccccc31)c1ccc(N(CC)CC)cc1O2. The Kier molecular flexibility index (Phi) is 7.33. The number of benzene rings is 4. The highest BCUT2D eigenvalue weighted by Gasteiger charge is 2.53. The summed E-state index contributed by atoms with van der Waals surface area (Å²) in [5, 5.41) is 3.05. The number of carbonyl (C=O) groups excluding carboxylic acids is 2. The van der Waals surface area contributed by atoms with Crippen LogP contribution in [0.2, 0.25) is 0 Å². The number of esters is 1. The van der Waals surface area contributed by atoms with Crippen LogP contribution >= 0.6 is 0 Å². The highest BCUT2D eigenvalue weighted by atomic mass is 16.6. The van der Waals surface area contributed by atoms with Crippen molar-refractivity contribution in [3.8, 4) is 11.5 Å². The summed E-state index contributed by atoms with van der Waals surface area (Å²) >= 11 is 0. The molecule has 0 aliphatic carbocycles. The van der Waals surface area contributed by atoms with Crippen molar-refractivity contribution in [3.63, 3.8) is 0 Å². The first-order valence-corrected chi connectivity index (χ1v) is 14.7. The van der Waals surface area contributed by atoms with Gasteiger partial charge in [-0.25, -0.2) is 9.59 Å². The predicted octanol–water partition coefficient (Wildman–Crippen LogP) is 7.75. The molecular formula is C35H35N3O4. The molecule has 2 aliphatic heterocycles. The van der Waals surface area contributed by atoms with Crippen LogP contribution < -0.4 is 19.9 Å². The van der Waals surface area contributed by atoms with E-state index in [9.17, 15) is 9.59 Å². The Morgan fingerprint density at radius 1 is 0.762 bits per heavy atom. The number of urea groups is 1. The lowest BCUT2D eigenvalue weighted by atomic mass is 9.77. The van der Waals surface area contributed by atoms with Gasteiger partial charge in [-0.05, 0) is 68.8 Å². The number of unbranched alkanes of at least 4 members (excludes halogenated alkanes) is 1. The van der Waals surface area contributed by atoms with E-state index < -0.39 is 5.60 Å². The summed E-state index contributed by atoms with van der Waals surface area (Å²) < 4.78 is 12.9. The number of hydrogen-bond acceptors (Lipinski definition) is 5. The molecule has 2 amide bonds. The van der Waals surface area contributed by atoms with Gasteiger partial charge < -0.3 is 19.7 Å². The van der Waals surface area contributed by atoms with Gasteiger partial charge in [0.15, 0.2) is 5.60 Å². The zero-order valence-electron chi connectivity index (χ0n) is 24.2. The molecule has 7 heteroatoms. The number of nitrogens with one attached hydrogen (secondary N) is 1. The summed E-state index contributed by atoms with van der Waals surface area (Å²) in [7, 11) is 0. The first kappa shape index (κ1) is 27.4. The molecule has 1 N–H and O–H groups in total. The molecule has 4 aromatic rings. The van der Waals surface area contributed by atoms with Crippen LogP contribution in [0, 0.1) is 0 Å². The number of amides is 2. The van der Waals surface area contributed by atoms with E-state index in [-0.39, 0.29) is 12.0 Å². The molecule has 0 bridgehead atoms. The summed E-state index contributed by atoms with van der Waals surface area (Å²) in [6, 6.07) is 28.5. The quantitative estimate of drug-likeness (QED) is 0.176. The van der Waals surface area contributed by atoms with E-state index in [1.54, 1.807) is 11.0 Å². The summed E-state index contributed by atoms with van der Waals surface area (Å²) in [6.45, 7) is 8.61. The van der Waals surface area contributed by atoms with Gasteiger partial charge in [0, 0.05) is 48.1 Å². The van der Waals surface area contributed by atoms with Gasteiger partial charge in [0.1, 0.15) is 11.5 Å². The number of rotatable bonds is 8. The van der Waals surface area contributed by atoms with Crippen LogP contribution in [0.25, 0.3) is 0 Å². The van der Waals surface area contributed by atoms with Gasteiger partial charge in [-0.15, -0.1) is 0 Å². The minimum absolute atomic E-state index is 0.228. The number of anilines is 3. The lowest BCUT2D eigenvalue weighted by Gasteiger charge is -2.38. The molecule has 0 fully saturated rings. The smallest absolute Gasteiger partial charge is 0.340 e. The van der Waals surface area contributed by atoms with Crippen LogP contribution in [0.1, 0.15) is 60.7 Å². The van der Waals surface area contributed by atoms with Gasteiger partial charge in [-0.3, -0.25) is 4.90 Å². The highest BCUT2D eigenvalue weighted by Crippen LogP contribution is 2.57. The van der Waals surface area contributed by atoms with Gasteiger partial charge in [-0.1, -0.05) is 49.7 Å². The van der Waals surface area contributed by atoms with Crippen molar-refractivity contribution < 1.29 is 19.1 Å². The largest absolute Gasteiger partial charge is 0.456 e. The molecule has 42 heavy (non-hydrogen) atoms. The standard InChI is InChI=1S/C35H35N3O4/c1-4-7-21-36-34(40)38(24-13-9-8-10-14-24)26-18-20-31-30(22-26)35(28-16-12-11-15-27(28)33(39)42-35)29-19-17-25(23-32(29)41-31)37(5-2)6-3/h8-20,22-23H,4-7,21H2,1-3H3,(H,36,40). The number of carbonyl (C=O) groups is 2. The molecule has 4 aromatic carbocycles. The fraction of sp³-hybridized carbons (Fsp3) is 0.257. The van der Waals surface area contributed by atoms with E-state index in [1.807, 2.05) is 78.9 Å². The summed E-state index contributed by atoms with van der Waals surface area (Å²) in [5.41, 5.74) is 3.87. The van der Waals surface area contributed by atoms with E-state index in [0.29, 0.717) is 34.9 Å². The molecule has 6 rings (SSSR count). The Hall–Kier alpha value is -4.78. The second-order valence-corrected chi connectivity index (χ2v) is 10.5. The summed E-state index contributed by atoms with van der Waals surface area (Å²) in [6.07, 6.45) is 1.86. The molecule has 0 saturated carbocycles. The maximum absolute atomic E-state index is 13.6. The monoisotopic (exact) mass is 561 g/mol. The molecule has 214 valence electrons. The average molecular weight is 562 g/mol. The van der Waals surface area contributed by atoms with E-state index in [2.05, 4.69) is 37.1 Å². The molecule has 0 aromatic heterocycles. The van der Waals surface area contributed by atoms with Crippen LogP contribution in [0.4, 0.5) is 21.9 Å².